The van der Waals surface area contributed by atoms with Gasteiger partial charge < -0.3 is 9.84 Å². The zero-order valence-electron chi connectivity index (χ0n) is 11.0. The Hall–Kier alpha value is -2.29. The molecule has 0 aliphatic carbocycles. The summed E-state index contributed by atoms with van der Waals surface area (Å²) in [5, 5.41) is 9.13. The minimum absolute atomic E-state index is 0.339. The lowest BCUT2D eigenvalue weighted by Gasteiger charge is -2.07. The third-order valence-corrected chi connectivity index (χ3v) is 2.97. The predicted octanol–water partition coefficient (Wildman–Crippen LogP) is 3.76. The van der Waals surface area contributed by atoms with Crippen molar-refractivity contribution < 1.29 is 14.6 Å². The van der Waals surface area contributed by atoms with E-state index in [9.17, 15) is 4.79 Å². The van der Waals surface area contributed by atoms with Gasteiger partial charge >= 0.3 is 5.97 Å². The van der Waals surface area contributed by atoms with E-state index < -0.39 is 5.97 Å². The van der Waals surface area contributed by atoms with Gasteiger partial charge in [0.15, 0.2) is 0 Å². The molecule has 98 valence electrons. The summed E-state index contributed by atoms with van der Waals surface area (Å²) in [6, 6.07) is 13.1. The zero-order valence-corrected chi connectivity index (χ0v) is 11.0. The molecule has 0 radical (unpaired) electrons. The molecule has 0 aliphatic heterocycles. The van der Waals surface area contributed by atoms with Crippen LogP contribution in [0.5, 0.6) is 5.75 Å². The predicted molar refractivity (Wildman–Crippen MR) is 74.7 cm³/mol. The van der Waals surface area contributed by atoms with E-state index >= 15 is 0 Å². The highest BCUT2D eigenvalue weighted by molar-refractivity contribution is 5.91. The van der Waals surface area contributed by atoms with E-state index in [0.29, 0.717) is 12.2 Å². The van der Waals surface area contributed by atoms with Crippen molar-refractivity contribution in [2.45, 2.75) is 13.8 Å². The number of carboxylic acid groups (broad SMARTS) is 1. The van der Waals surface area contributed by atoms with Crippen LogP contribution in [-0.4, -0.2) is 17.7 Å². The van der Waals surface area contributed by atoms with Crippen LogP contribution in [0.3, 0.4) is 0 Å². The molecule has 0 atom stereocenters. The van der Waals surface area contributed by atoms with Gasteiger partial charge in [0.25, 0.3) is 0 Å². The number of ether oxygens (including phenoxy) is 1. The summed E-state index contributed by atoms with van der Waals surface area (Å²) in [7, 11) is 0. The quantitative estimate of drug-likeness (QED) is 0.906. The van der Waals surface area contributed by atoms with Crippen LogP contribution >= 0.6 is 0 Å². The van der Waals surface area contributed by atoms with E-state index in [1.807, 2.05) is 43.3 Å². The fraction of sp³-hybridized carbons (Fsp3) is 0.188. The number of rotatable bonds is 4. The lowest BCUT2D eigenvalue weighted by atomic mass is 10.00. The summed E-state index contributed by atoms with van der Waals surface area (Å²) < 4.78 is 5.38. The Morgan fingerprint density at radius 3 is 2.32 bits per heavy atom. The molecule has 0 aliphatic rings. The van der Waals surface area contributed by atoms with Gasteiger partial charge in [0.05, 0.1) is 12.2 Å². The number of aromatic carboxylic acids is 1. The summed E-state index contributed by atoms with van der Waals surface area (Å²) >= 11 is 0. The van der Waals surface area contributed by atoms with Gasteiger partial charge in [-0.1, -0.05) is 24.3 Å². The number of aryl methyl sites for hydroxylation is 1. The van der Waals surface area contributed by atoms with Crippen LogP contribution in [0.15, 0.2) is 42.5 Å². The molecule has 0 heterocycles. The van der Waals surface area contributed by atoms with Crippen LogP contribution in [0.4, 0.5) is 0 Å². The Labute approximate surface area is 112 Å². The molecule has 1 N–H and O–H groups in total. The minimum Gasteiger partial charge on any atom is -0.494 e. The average molecular weight is 256 g/mol. The van der Waals surface area contributed by atoms with Crippen LogP contribution in [0, 0.1) is 6.92 Å². The lowest BCUT2D eigenvalue weighted by Crippen LogP contribution is -1.99. The van der Waals surface area contributed by atoms with Crippen molar-refractivity contribution >= 4 is 5.97 Å². The molecule has 0 fully saturated rings. The van der Waals surface area contributed by atoms with Crippen LogP contribution in [0.1, 0.15) is 22.8 Å². The molecule has 0 unspecified atom stereocenters. The maximum atomic E-state index is 11.1. The van der Waals surface area contributed by atoms with Gasteiger partial charge in [0.2, 0.25) is 0 Å². The van der Waals surface area contributed by atoms with E-state index in [-0.39, 0.29) is 0 Å². The van der Waals surface area contributed by atoms with Crippen molar-refractivity contribution in [3.05, 3.63) is 53.6 Å². The Morgan fingerprint density at radius 1 is 1.11 bits per heavy atom. The van der Waals surface area contributed by atoms with Gasteiger partial charge in [0.1, 0.15) is 5.75 Å². The maximum Gasteiger partial charge on any atom is 0.335 e. The number of carbonyl (C=O) groups is 1. The molecule has 0 aromatic heterocycles. The monoisotopic (exact) mass is 256 g/mol. The van der Waals surface area contributed by atoms with E-state index in [1.165, 1.54) is 0 Å². The second-order valence-electron chi connectivity index (χ2n) is 4.29. The third kappa shape index (κ3) is 2.94. The van der Waals surface area contributed by atoms with Gasteiger partial charge in [0, 0.05) is 0 Å². The molecule has 0 amide bonds. The van der Waals surface area contributed by atoms with E-state index in [1.54, 1.807) is 13.0 Å². The first-order valence-electron chi connectivity index (χ1n) is 6.19. The molecule has 0 bridgehead atoms. The van der Waals surface area contributed by atoms with Gasteiger partial charge in [-0.2, -0.15) is 0 Å². The molecule has 0 saturated carbocycles. The number of hydrogen-bond acceptors (Lipinski definition) is 2. The molecular weight excluding hydrogens is 240 g/mol. The largest absolute Gasteiger partial charge is 0.494 e. The smallest absolute Gasteiger partial charge is 0.335 e. The van der Waals surface area contributed by atoms with E-state index in [2.05, 4.69) is 0 Å². The van der Waals surface area contributed by atoms with Gasteiger partial charge in [-0.3, -0.25) is 0 Å². The van der Waals surface area contributed by atoms with Crippen LogP contribution in [0.25, 0.3) is 11.1 Å². The summed E-state index contributed by atoms with van der Waals surface area (Å²) in [6.45, 7) is 4.37. The molecule has 19 heavy (non-hydrogen) atoms. The topological polar surface area (TPSA) is 46.5 Å². The SMILES string of the molecule is CCOc1ccc(-c2ccc(C)c(C(=O)O)c2)cc1. The average Bonchev–Trinajstić information content (AvgIpc) is 2.40. The minimum atomic E-state index is -0.898. The summed E-state index contributed by atoms with van der Waals surface area (Å²) in [4.78, 5) is 11.1. The Bertz CT molecular complexity index is 585. The van der Waals surface area contributed by atoms with Crippen LogP contribution in [0.2, 0.25) is 0 Å². The summed E-state index contributed by atoms with van der Waals surface area (Å²) in [5.74, 6) is -0.0814. The van der Waals surface area contributed by atoms with Crippen molar-refractivity contribution in [1.82, 2.24) is 0 Å². The molecule has 2 aromatic carbocycles. The first-order valence-corrected chi connectivity index (χ1v) is 6.19. The number of benzene rings is 2. The van der Waals surface area contributed by atoms with Crippen molar-refractivity contribution in [2.24, 2.45) is 0 Å². The molecular formula is C16H16O3. The molecule has 3 nitrogen and oxygen atoms in total. The molecule has 2 aromatic rings. The van der Waals surface area contributed by atoms with E-state index in [0.717, 1.165) is 22.4 Å². The second-order valence-corrected chi connectivity index (χ2v) is 4.29. The van der Waals surface area contributed by atoms with Gasteiger partial charge in [-0.05, 0) is 48.7 Å². The highest BCUT2D eigenvalue weighted by Gasteiger charge is 2.08. The van der Waals surface area contributed by atoms with Crippen molar-refractivity contribution in [2.75, 3.05) is 6.61 Å². The second kappa shape index (κ2) is 5.57. The van der Waals surface area contributed by atoms with Crippen LogP contribution < -0.4 is 4.74 Å². The standard InChI is InChI=1S/C16H16O3/c1-3-19-14-8-6-12(7-9-14)13-5-4-11(2)15(10-13)16(17)18/h4-10H,3H2,1-2H3,(H,17,18). The molecule has 3 heteroatoms. The third-order valence-electron chi connectivity index (χ3n) is 2.97. The van der Waals surface area contributed by atoms with Gasteiger partial charge in [-0.25, -0.2) is 4.79 Å². The lowest BCUT2D eigenvalue weighted by molar-refractivity contribution is 0.0696. The van der Waals surface area contributed by atoms with Gasteiger partial charge in [-0.15, -0.1) is 0 Å². The van der Waals surface area contributed by atoms with Crippen molar-refractivity contribution in [3.63, 3.8) is 0 Å². The Morgan fingerprint density at radius 2 is 1.74 bits per heavy atom. The molecule has 0 saturated heterocycles. The Balaban J connectivity index is 2.36. The fourth-order valence-corrected chi connectivity index (χ4v) is 1.94. The van der Waals surface area contributed by atoms with E-state index in [4.69, 9.17) is 9.84 Å². The molecule has 2 rings (SSSR count). The zero-order chi connectivity index (χ0) is 13.8. The summed E-state index contributed by atoms with van der Waals surface area (Å²) in [6.07, 6.45) is 0. The molecule has 0 spiro atoms. The number of carboxylic acids is 1. The Kier molecular flexibility index (Phi) is 3.85. The highest BCUT2D eigenvalue weighted by Crippen LogP contribution is 2.24. The normalized spacial score (nSPS) is 10.2. The first kappa shape index (κ1) is 13.1. The van der Waals surface area contributed by atoms with Crippen molar-refractivity contribution in [1.29, 1.82) is 0 Å². The fourth-order valence-electron chi connectivity index (χ4n) is 1.94. The summed E-state index contributed by atoms with van der Waals surface area (Å²) in [5.41, 5.74) is 2.98. The first-order chi connectivity index (χ1) is 9.11. The highest BCUT2D eigenvalue weighted by atomic mass is 16.5. The van der Waals surface area contributed by atoms with Crippen molar-refractivity contribution in [3.8, 4) is 16.9 Å². The van der Waals surface area contributed by atoms with Crippen LogP contribution in [-0.2, 0) is 0 Å². The maximum absolute atomic E-state index is 11.1. The number of hydrogen-bond donors (Lipinski definition) is 1.